The highest BCUT2D eigenvalue weighted by molar-refractivity contribution is 7.93. The molecule has 0 amide bonds. The molecule has 1 saturated carbocycles. The summed E-state index contributed by atoms with van der Waals surface area (Å²) in [7, 11) is -2.50. The van der Waals surface area contributed by atoms with E-state index in [1.165, 1.54) is 26.4 Å². The molecule has 2 aromatic rings. The molecule has 31 heavy (non-hydrogen) atoms. The summed E-state index contributed by atoms with van der Waals surface area (Å²) < 4.78 is 42.4. The van der Waals surface area contributed by atoms with Crippen LogP contribution in [0.1, 0.15) is 70.3 Å². The van der Waals surface area contributed by atoms with Crippen LogP contribution in [-0.4, -0.2) is 51.6 Å². The second-order valence-electron chi connectivity index (χ2n) is 8.49. The van der Waals surface area contributed by atoms with Crippen molar-refractivity contribution < 1.29 is 17.9 Å². The number of anilines is 1. The number of nitrogens with zero attached hydrogens (tertiary/aromatic N) is 5. The van der Waals surface area contributed by atoms with Crippen LogP contribution in [0.2, 0.25) is 5.02 Å². The van der Waals surface area contributed by atoms with E-state index in [4.69, 9.17) is 21.1 Å². The Morgan fingerprint density at radius 1 is 1.29 bits per heavy atom. The third-order valence-electron chi connectivity index (χ3n) is 6.02. The monoisotopic (exact) mass is 470 g/mol. The van der Waals surface area contributed by atoms with Crippen LogP contribution in [0.4, 0.5) is 5.95 Å². The van der Waals surface area contributed by atoms with Crippen molar-refractivity contribution in [1.29, 1.82) is 0 Å². The lowest BCUT2D eigenvalue weighted by Crippen LogP contribution is -2.34. The van der Waals surface area contributed by atoms with Crippen molar-refractivity contribution >= 4 is 27.6 Å². The first-order valence-corrected chi connectivity index (χ1v) is 12.2. The molecule has 1 aliphatic heterocycles. The van der Waals surface area contributed by atoms with E-state index >= 15 is 0 Å². The maximum atomic E-state index is 13.2. The molecule has 3 heterocycles. The van der Waals surface area contributed by atoms with Crippen LogP contribution in [0, 0.1) is 0 Å². The van der Waals surface area contributed by atoms with Crippen LogP contribution >= 0.6 is 11.6 Å². The van der Waals surface area contributed by atoms with Gasteiger partial charge in [0.25, 0.3) is 0 Å². The molecule has 1 saturated heterocycles. The van der Waals surface area contributed by atoms with Crippen LogP contribution in [0.5, 0.6) is 0 Å². The van der Waals surface area contributed by atoms with E-state index in [0.717, 1.165) is 25.7 Å². The molecule has 0 aromatic carbocycles. The molecule has 170 valence electrons. The molecule has 0 spiro atoms. The molecule has 4 atom stereocenters. The minimum atomic E-state index is -3.91. The van der Waals surface area contributed by atoms with Gasteiger partial charge in [-0.3, -0.25) is 9.29 Å². The number of hydrogen-bond acceptors (Lipinski definition) is 8. The molecule has 12 heteroatoms. The van der Waals surface area contributed by atoms with E-state index in [2.05, 4.69) is 31.8 Å². The lowest BCUT2D eigenvalue weighted by atomic mass is 10.2. The fourth-order valence-electron chi connectivity index (χ4n) is 3.86. The van der Waals surface area contributed by atoms with Gasteiger partial charge in [0.1, 0.15) is 17.5 Å². The van der Waals surface area contributed by atoms with Crippen LogP contribution in [0.3, 0.4) is 0 Å². The third kappa shape index (κ3) is 4.41. The largest absolute Gasteiger partial charge is 0.372 e. The Hall–Kier alpha value is -1.82. The Labute approximate surface area is 186 Å². The zero-order valence-electron chi connectivity index (χ0n) is 17.9. The number of methoxy groups -OCH3 is 1. The Balaban J connectivity index is 1.62. The number of nitrogens with one attached hydrogen (secondary N) is 1. The Kier molecular flexibility index (Phi) is 5.97. The Morgan fingerprint density at radius 2 is 1.97 bits per heavy atom. The van der Waals surface area contributed by atoms with Gasteiger partial charge in [-0.1, -0.05) is 11.6 Å². The SMILES string of the molecule is CO[C@H](c1ncc(Cl)cn1)[C@H](C)S(=O)(=O)Nc1nnc([C@@H]2CC[C@H](C)O2)n1C1(C)CC1. The van der Waals surface area contributed by atoms with Crippen molar-refractivity contribution in [3.8, 4) is 0 Å². The number of halogens is 1. The van der Waals surface area contributed by atoms with Gasteiger partial charge in [-0.15, -0.1) is 10.2 Å². The topological polar surface area (TPSA) is 121 Å². The zero-order chi connectivity index (χ0) is 22.4. The van der Waals surface area contributed by atoms with Crippen molar-refractivity contribution in [2.45, 2.75) is 75.6 Å². The molecule has 0 bridgehead atoms. The number of ether oxygens (including phenoxy) is 2. The van der Waals surface area contributed by atoms with Gasteiger partial charge in [-0.25, -0.2) is 18.4 Å². The minimum absolute atomic E-state index is 0.143. The summed E-state index contributed by atoms with van der Waals surface area (Å²) in [6.07, 6.45) is 5.48. The van der Waals surface area contributed by atoms with Crippen LogP contribution < -0.4 is 4.72 Å². The van der Waals surface area contributed by atoms with Crippen molar-refractivity contribution in [2.75, 3.05) is 11.8 Å². The Morgan fingerprint density at radius 3 is 2.52 bits per heavy atom. The van der Waals surface area contributed by atoms with Gasteiger partial charge in [0.2, 0.25) is 16.0 Å². The van der Waals surface area contributed by atoms with Crippen molar-refractivity contribution in [3.63, 3.8) is 0 Å². The molecule has 1 aliphatic carbocycles. The quantitative estimate of drug-likeness (QED) is 0.624. The predicted octanol–water partition coefficient (Wildman–Crippen LogP) is 2.99. The van der Waals surface area contributed by atoms with Gasteiger partial charge in [-0.2, -0.15) is 0 Å². The number of sulfonamides is 1. The highest BCUT2D eigenvalue weighted by atomic mass is 35.5. The van der Waals surface area contributed by atoms with Crippen LogP contribution in [0.15, 0.2) is 12.4 Å². The number of aromatic nitrogens is 5. The molecular formula is C19H27ClN6O4S. The van der Waals surface area contributed by atoms with E-state index < -0.39 is 21.4 Å². The standard InChI is InChI=1S/C19H27ClN6O4S/c1-11-5-6-14(30-11)17-23-24-18(26(17)19(3)7-8-19)25-31(27,28)12(2)15(29-4)16-21-9-13(20)10-22-16/h9-12,14-15H,5-8H2,1-4H3,(H,24,25)/t11-,12-,14-,15-/m0/s1. The second kappa shape index (κ2) is 8.27. The van der Waals surface area contributed by atoms with E-state index in [1.807, 2.05) is 11.5 Å². The van der Waals surface area contributed by atoms with Gasteiger partial charge in [0, 0.05) is 25.0 Å². The molecule has 0 unspecified atom stereocenters. The average molecular weight is 471 g/mol. The molecule has 2 aromatic heterocycles. The summed E-state index contributed by atoms with van der Waals surface area (Å²) in [5, 5.41) is 7.85. The molecule has 1 N–H and O–H groups in total. The lowest BCUT2D eigenvalue weighted by molar-refractivity contribution is 0.0469. The molecule has 2 aliphatic rings. The van der Waals surface area contributed by atoms with E-state index in [1.54, 1.807) is 0 Å². The summed E-state index contributed by atoms with van der Waals surface area (Å²) in [5.74, 6) is 1.09. The highest BCUT2D eigenvalue weighted by Gasteiger charge is 2.46. The second-order valence-corrected chi connectivity index (χ2v) is 11.0. The Bertz CT molecular complexity index is 1040. The van der Waals surface area contributed by atoms with Crippen molar-refractivity contribution in [3.05, 3.63) is 29.1 Å². The summed E-state index contributed by atoms with van der Waals surface area (Å²) >= 11 is 5.84. The molecule has 2 fully saturated rings. The van der Waals surface area contributed by atoms with E-state index in [0.29, 0.717) is 10.8 Å². The maximum absolute atomic E-state index is 13.2. The fourth-order valence-corrected chi connectivity index (χ4v) is 5.09. The first kappa shape index (κ1) is 22.4. The van der Waals surface area contributed by atoms with Gasteiger partial charge in [-0.05, 0) is 46.5 Å². The first-order chi connectivity index (χ1) is 14.6. The summed E-state index contributed by atoms with van der Waals surface area (Å²) in [4.78, 5) is 8.22. The first-order valence-electron chi connectivity index (χ1n) is 10.3. The average Bonchev–Trinajstić information content (AvgIpc) is 3.11. The normalized spacial score (nSPS) is 24.7. The van der Waals surface area contributed by atoms with Gasteiger partial charge >= 0.3 is 0 Å². The zero-order valence-corrected chi connectivity index (χ0v) is 19.5. The van der Waals surface area contributed by atoms with Gasteiger partial charge < -0.3 is 9.47 Å². The maximum Gasteiger partial charge on any atom is 0.240 e. The van der Waals surface area contributed by atoms with Crippen LogP contribution in [0.25, 0.3) is 0 Å². The summed E-state index contributed by atoms with van der Waals surface area (Å²) in [5.41, 5.74) is -0.227. The van der Waals surface area contributed by atoms with Gasteiger partial charge in [0.05, 0.1) is 11.1 Å². The summed E-state index contributed by atoms with van der Waals surface area (Å²) in [6.45, 7) is 5.63. The highest BCUT2D eigenvalue weighted by Crippen LogP contribution is 2.47. The molecule has 4 rings (SSSR count). The smallest absolute Gasteiger partial charge is 0.240 e. The van der Waals surface area contributed by atoms with E-state index in [-0.39, 0.29) is 29.5 Å². The predicted molar refractivity (Wildman–Crippen MR) is 114 cm³/mol. The lowest BCUT2D eigenvalue weighted by Gasteiger charge is -2.24. The van der Waals surface area contributed by atoms with Gasteiger partial charge in [0.15, 0.2) is 11.6 Å². The number of hydrogen-bond donors (Lipinski definition) is 1. The van der Waals surface area contributed by atoms with Crippen LogP contribution in [-0.2, 0) is 25.0 Å². The minimum Gasteiger partial charge on any atom is -0.372 e. The van der Waals surface area contributed by atoms with E-state index in [9.17, 15) is 8.42 Å². The molecular weight excluding hydrogens is 444 g/mol. The molecule has 0 radical (unpaired) electrons. The third-order valence-corrected chi connectivity index (χ3v) is 7.91. The van der Waals surface area contributed by atoms with Crippen molar-refractivity contribution in [2.24, 2.45) is 0 Å². The fraction of sp³-hybridized carbons (Fsp3) is 0.684. The number of rotatable bonds is 8. The summed E-state index contributed by atoms with van der Waals surface area (Å²) in [6, 6.07) is 0. The molecule has 10 nitrogen and oxygen atoms in total. The van der Waals surface area contributed by atoms with Crippen molar-refractivity contribution in [1.82, 2.24) is 24.7 Å².